The van der Waals surface area contributed by atoms with Crippen molar-refractivity contribution in [3.8, 4) is 11.5 Å². The van der Waals surface area contributed by atoms with Gasteiger partial charge in [0.25, 0.3) is 5.89 Å². The minimum absolute atomic E-state index is 0.0923. The van der Waals surface area contributed by atoms with Crippen molar-refractivity contribution < 1.29 is 32.0 Å². The molecule has 3 amide bonds. The standard InChI is InChI=1S/C28H34N6O7S/c1-2-3-11-22(24(35)27-33-32-26(41-27)21-10-7-12-29-17-21)30-25(36)23(31-28(37)34-13-15-40-16-14-34)19-42(38,39)18-20-8-5-4-6-9-20/h4-10,12,17,22-23H,2-3,11,13-16,18-19H2,1H3,(H,30,36)(H,31,37). The third-order valence-electron chi connectivity index (χ3n) is 6.59. The van der Waals surface area contributed by atoms with Gasteiger partial charge in [0, 0.05) is 25.5 Å². The van der Waals surface area contributed by atoms with Gasteiger partial charge in [0.2, 0.25) is 17.6 Å². The Morgan fingerprint density at radius 1 is 1.00 bits per heavy atom. The van der Waals surface area contributed by atoms with Crippen LogP contribution in [-0.4, -0.2) is 90.4 Å². The van der Waals surface area contributed by atoms with Crippen molar-refractivity contribution >= 4 is 27.6 Å². The number of morpholine rings is 1. The number of sulfone groups is 1. The van der Waals surface area contributed by atoms with Gasteiger partial charge in [0.1, 0.15) is 6.04 Å². The van der Waals surface area contributed by atoms with Gasteiger partial charge in [0.05, 0.1) is 36.3 Å². The van der Waals surface area contributed by atoms with Crippen molar-refractivity contribution in [3.63, 3.8) is 0 Å². The molecule has 1 aliphatic heterocycles. The maximum Gasteiger partial charge on any atom is 0.318 e. The highest BCUT2D eigenvalue weighted by molar-refractivity contribution is 7.90. The van der Waals surface area contributed by atoms with Crippen molar-refractivity contribution in [2.24, 2.45) is 0 Å². The van der Waals surface area contributed by atoms with Crippen LogP contribution in [-0.2, 0) is 25.1 Å². The van der Waals surface area contributed by atoms with Gasteiger partial charge in [-0.25, -0.2) is 13.2 Å². The summed E-state index contributed by atoms with van der Waals surface area (Å²) in [6.45, 7) is 3.18. The molecule has 0 saturated carbocycles. The quantitative estimate of drug-likeness (QED) is 0.277. The van der Waals surface area contributed by atoms with E-state index in [1.54, 1.807) is 48.7 Å². The zero-order chi connectivity index (χ0) is 30.0. The molecule has 1 aromatic carbocycles. The van der Waals surface area contributed by atoms with E-state index in [2.05, 4.69) is 25.8 Å². The summed E-state index contributed by atoms with van der Waals surface area (Å²) in [5.41, 5.74) is 1.07. The Labute approximate surface area is 244 Å². The summed E-state index contributed by atoms with van der Waals surface area (Å²) in [5.74, 6) is -2.62. The van der Waals surface area contributed by atoms with Crippen molar-refractivity contribution in [1.29, 1.82) is 0 Å². The third kappa shape index (κ3) is 8.66. The molecule has 13 nitrogen and oxygen atoms in total. The van der Waals surface area contributed by atoms with E-state index in [1.807, 2.05) is 6.92 Å². The van der Waals surface area contributed by atoms with Gasteiger partial charge in [-0.15, -0.1) is 10.2 Å². The number of carbonyl (C=O) groups excluding carboxylic acids is 3. The molecule has 2 atom stereocenters. The van der Waals surface area contributed by atoms with Crippen molar-refractivity contribution in [2.75, 3.05) is 32.1 Å². The van der Waals surface area contributed by atoms with E-state index in [-0.39, 0.29) is 24.0 Å². The fourth-order valence-corrected chi connectivity index (χ4v) is 5.92. The number of hydrogen-bond acceptors (Lipinski definition) is 10. The molecular weight excluding hydrogens is 564 g/mol. The number of unbranched alkanes of at least 4 members (excludes halogenated alkanes) is 1. The Morgan fingerprint density at radius 2 is 1.76 bits per heavy atom. The minimum atomic E-state index is -3.86. The van der Waals surface area contributed by atoms with E-state index in [1.165, 1.54) is 11.1 Å². The number of ether oxygens (including phenoxy) is 1. The first-order valence-electron chi connectivity index (χ1n) is 13.7. The average molecular weight is 599 g/mol. The summed E-state index contributed by atoms with van der Waals surface area (Å²) in [4.78, 5) is 45.4. The van der Waals surface area contributed by atoms with Crippen LogP contribution in [0, 0.1) is 0 Å². The molecule has 1 saturated heterocycles. The molecule has 0 spiro atoms. The maximum atomic E-state index is 13.6. The molecule has 0 aliphatic carbocycles. The molecule has 1 aliphatic rings. The van der Waals surface area contributed by atoms with Gasteiger partial charge in [-0.1, -0.05) is 50.1 Å². The van der Waals surface area contributed by atoms with Crippen molar-refractivity contribution in [2.45, 2.75) is 44.0 Å². The number of Topliss-reactive ketones (excluding diaryl/α,β-unsaturated/α-hetero) is 1. The molecule has 42 heavy (non-hydrogen) atoms. The van der Waals surface area contributed by atoms with Gasteiger partial charge >= 0.3 is 6.03 Å². The second-order valence-corrected chi connectivity index (χ2v) is 12.0. The zero-order valence-electron chi connectivity index (χ0n) is 23.3. The second kappa shape index (κ2) is 14.6. The first kappa shape index (κ1) is 30.8. The Morgan fingerprint density at radius 3 is 2.45 bits per heavy atom. The summed E-state index contributed by atoms with van der Waals surface area (Å²) in [6.07, 6.45) is 4.64. The van der Waals surface area contributed by atoms with Gasteiger partial charge in [0.15, 0.2) is 9.84 Å². The molecule has 1 fully saturated rings. The van der Waals surface area contributed by atoms with Gasteiger partial charge in [-0.05, 0) is 24.1 Å². The first-order valence-corrected chi connectivity index (χ1v) is 15.5. The smallest absolute Gasteiger partial charge is 0.318 e. The molecule has 3 aromatic rings. The zero-order valence-corrected chi connectivity index (χ0v) is 24.1. The fourth-order valence-electron chi connectivity index (χ4n) is 4.36. The number of nitrogens with one attached hydrogen (secondary N) is 2. The van der Waals surface area contributed by atoms with E-state index < -0.39 is 45.4 Å². The first-order chi connectivity index (χ1) is 20.3. The number of amides is 3. The summed E-state index contributed by atoms with van der Waals surface area (Å²) >= 11 is 0. The van der Waals surface area contributed by atoms with E-state index in [0.717, 1.165) is 6.42 Å². The lowest BCUT2D eigenvalue weighted by atomic mass is 10.0. The highest BCUT2D eigenvalue weighted by Gasteiger charge is 2.33. The number of nitrogens with zero attached hydrogens (tertiary/aromatic N) is 4. The molecule has 0 radical (unpaired) electrons. The average Bonchev–Trinajstić information content (AvgIpc) is 3.50. The molecule has 4 rings (SSSR count). The number of rotatable bonds is 13. The Kier molecular flexibility index (Phi) is 10.7. The van der Waals surface area contributed by atoms with Gasteiger partial charge in [-0.2, -0.15) is 0 Å². The molecule has 224 valence electrons. The number of aromatic nitrogens is 3. The van der Waals surface area contributed by atoms with Crippen LogP contribution in [0.4, 0.5) is 4.79 Å². The summed E-state index contributed by atoms with van der Waals surface area (Å²) in [7, 11) is -3.86. The predicted octanol–water partition coefficient (Wildman–Crippen LogP) is 2.01. The van der Waals surface area contributed by atoms with Crippen LogP contribution in [0.1, 0.15) is 42.4 Å². The maximum absolute atomic E-state index is 13.6. The van der Waals surface area contributed by atoms with Crippen molar-refractivity contribution in [3.05, 3.63) is 66.3 Å². The monoisotopic (exact) mass is 598 g/mol. The fraction of sp³-hybridized carbons (Fsp3) is 0.429. The van der Waals surface area contributed by atoms with Gasteiger partial charge in [-0.3, -0.25) is 14.6 Å². The SMILES string of the molecule is CCCCC(NC(=O)C(CS(=O)(=O)Cc1ccccc1)NC(=O)N1CCOCC1)C(=O)c1nnc(-c2cccnc2)o1. The third-order valence-corrected chi connectivity index (χ3v) is 8.20. The lowest BCUT2D eigenvalue weighted by Gasteiger charge is -2.29. The van der Waals surface area contributed by atoms with E-state index >= 15 is 0 Å². The summed E-state index contributed by atoms with van der Waals surface area (Å²) < 4.78 is 37.2. The molecule has 2 N–H and O–H groups in total. The van der Waals surface area contributed by atoms with Crippen LogP contribution < -0.4 is 10.6 Å². The lowest BCUT2D eigenvalue weighted by Crippen LogP contribution is -2.57. The Bertz CT molecular complexity index is 1440. The molecule has 14 heteroatoms. The molecule has 3 heterocycles. The number of benzene rings is 1. The number of hydrogen-bond donors (Lipinski definition) is 2. The predicted molar refractivity (Wildman–Crippen MR) is 152 cm³/mol. The van der Waals surface area contributed by atoms with Crippen molar-refractivity contribution in [1.82, 2.24) is 30.7 Å². The Balaban J connectivity index is 1.53. The molecule has 2 unspecified atom stereocenters. The lowest BCUT2D eigenvalue weighted by molar-refractivity contribution is -0.123. The van der Waals surface area contributed by atoms with E-state index in [9.17, 15) is 22.8 Å². The normalized spacial score (nSPS) is 15.0. The molecular formula is C28H34N6O7S. The highest BCUT2D eigenvalue weighted by Crippen LogP contribution is 2.18. The van der Waals surface area contributed by atoms with Crippen LogP contribution in [0.3, 0.4) is 0 Å². The van der Waals surface area contributed by atoms with Crippen LogP contribution in [0.2, 0.25) is 0 Å². The second-order valence-electron chi connectivity index (χ2n) is 9.86. The van der Waals surface area contributed by atoms with E-state index in [4.69, 9.17) is 9.15 Å². The number of urea groups is 1. The number of pyridine rings is 1. The minimum Gasteiger partial charge on any atom is -0.413 e. The van der Waals surface area contributed by atoms with Crippen LogP contribution >= 0.6 is 0 Å². The van der Waals surface area contributed by atoms with Gasteiger partial charge < -0.3 is 24.7 Å². The topological polar surface area (TPSA) is 174 Å². The number of ketones is 1. The Hall–Kier alpha value is -4.17. The largest absolute Gasteiger partial charge is 0.413 e. The summed E-state index contributed by atoms with van der Waals surface area (Å²) in [6, 6.07) is 8.79. The van der Waals surface area contributed by atoms with Crippen LogP contribution in [0.25, 0.3) is 11.5 Å². The van der Waals surface area contributed by atoms with E-state index in [0.29, 0.717) is 43.9 Å². The highest BCUT2D eigenvalue weighted by atomic mass is 32.2. The molecule has 2 aromatic heterocycles. The van der Waals surface area contributed by atoms with Crippen LogP contribution in [0.5, 0.6) is 0 Å². The van der Waals surface area contributed by atoms with Crippen LogP contribution in [0.15, 0.2) is 59.3 Å². The number of carbonyl (C=O) groups is 3. The summed E-state index contributed by atoms with van der Waals surface area (Å²) in [5, 5.41) is 13.0. The molecule has 0 bridgehead atoms.